The van der Waals surface area contributed by atoms with Crippen molar-refractivity contribution in [2.24, 2.45) is 11.1 Å². The minimum Gasteiger partial charge on any atom is -0.361 e. The molecule has 1 saturated heterocycles. The van der Waals surface area contributed by atoms with Crippen LogP contribution >= 0.6 is 0 Å². The number of fused-ring (bicyclic) bond motifs is 1. The molecule has 7 heteroatoms. The number of hydrogen-bond acceptors (Lipinski definition) is 4. The molecule has 0 amide bonds. The fraction of sp³-hybridized carbons (Fsp3) is 0.391. The molecule has 0 aliphatic carbocycles. The van der Waals surface area contributed by atoms with Crippen molar-refractivity contribution in [2.45, 2.75) is 25.1 Å². The summed E-state index contributed by atoms with van der Waals surface area (Å²) in [6, 6.07) is 16.2. The van der Waals surface area contributed by atoms with E-state index in [0.29, 0.717) is 5.92 Å². The van der Waals surface area contributed by atoms with E-state index in [1.807, 2.05) is 30.5 Å². The second kappa shape index (κ2) is 9.31. The zero-order valence-electron chi connectivity index (χ0n) is 17.2. The van der Waals surface area contributed by atoms with Crippen LogP contribution in [-0.2, 0) is 28.7 Å². The van der Waals surface area contributed by atoms with Crippen LogP contribution in [0.1, 0.15) is 23.1 Å². The average Bonchev–Trinajstić information content (AvgIpc) is 3.32. The number of nitrogens with two attached hydrogens (primary N) is 1. The second-order valence-corrected chi connectivity index (χ2v) is 9.94. The van der Waals surface area contributed by atoms with E-state index in [0.717, 1.165) is 55.6 Å². The number of primary sulfonamides is 1. The molecule has 0 radical (unpaired) electrons. The molecule has 1 aliphatic heterocycles. The highest BCUT2D eigenvalue weighted by Crippen LogP contribution is 2.23. The molecule has 4 N–H and O–H groups in total. The molecule has 4 rings (SSSR count). The molecule has 0 saturated carbocycles. The summed E-state index contributed by atoms with van der Waals surface area (Å²) in [6.07, 6.45) is 4.22. The van der Waals surface area contributed by atoms with Gasteiger partial charge in [-0.25, -0.2) is 13.6 Å². The van der Waals surface area contributed by atoms with E-state index in [-0.39, 0.29) is 5.75 Å². The molecule has 0 bridgehead atoms. The van der Waals surface area contributed by atoms with Crippen molar-refractivity contribution < 1.29 is 8.42 Å². The van der Waals surface area contributed by atoms with Crippen molar-refractivity contribution in [3.63, 3.8) is 0 Å². The van der Waals surface area contributed by atoms with Gasteiger partial charge in [0.25, 0.3) is 0 Å². The number of likely N-dealkylation sites (tertiary alicyclic amines) is 1. The van der Waals surface area contributed by atoms with Crippen LogP contribution in [0.3, 0.4) is 0 Å². The molecule has 2 aromatic carbocycles. The molecule has 0 unspecified atom stereocenters. The van der Waals surface area contributed by atoms with Crippen molar-refractivity contribution in [1.82, 2.24) is 15.2 Å². The van der Waals surface area contributed by atoms with Gasteiger partial charge in [-0.05, 0) is 60.7 Å². The molecule has 3 aromatic rings. The number of sulfonamides is 1. The monoisotopic (exact) mass is 426 g/mol. The first-order chi connectivity index (χ1) is 14.5. The first kappa shape index (κ1) is 21.1. The van der Waals surface area contributed by atoms with Gasteiger partial charge >= 0.3 is 0 Å². The zero-order chi connectivity index (χ0) is 21.0. The van der Waals surface area contributed by atoms with Gasteiger partial charge < -0.3 is 15.2 Å². The molecular formula is C23H30N4O2S. The summed E-state index contributed by atoms with van der Waals surface area (Å²) in [5.41, 5.74) is 4.32. The van der Waals surface area contributed by atoms with Crippen LogP contribution in [0.2, 0.25) is 0 Å². The van der Waals surface area contributed by atoms with Gasteiger partial charge in [-0.3, -0.25) is 0 Å². The molecule has 1 fully saturated rings. The number of aromatic nitrogens is 1. The Labute approximate surface area is 178 Å². The van der Waals surface area contributed by atoms with Gasteiger partial charge in [0.05, 0.1) is 5.75 Å². The predicted octanol–water partition coefficient (Wildman–Crippen LogP) is 2.61. The molecule has 30 heavy (non-hydrogen) atoms. The number of benzene rings is 2. The van der Waals surface area contributed by atoms with Gasteiger partial charge in [-0.1, -0.05) is 36.4 Å². The third kappa shape index (κ3) is 5.70. The van der Waals surface area contributed by atoms with Crippen LogP contribution < -0.4 is 10.5 Å². The van der Waals surface area contributed by atoms with E-state index < -0.39 is 10.0 Å². The van der Waals surface area contributed by atoms with Gasteiger partial charge in [-0.2, -0.15) is 0 Å². The maximum atomic E-state index is 11.4. The van der Waals surface area contributed by atoms with Crippen LogP contribution in [0.5, 0.6) is 0 Å². The van der Waals surface area contributed by atoms with E-state index >= 15 is 0 Å². The van der Waals surface area contributed by atoms with Crippen LogP contribution in [0.25, 0.3) is 10.9 Å². The Morgan fingerprint density at radius 3 is 2.77 bits per heavy atom. The largest absolute Gasteiger partial charge is 0.361 e. The van der Waals surface area contributed by atoms with E-state index in [4.69, 9.17) is 5.14 Å². The highest BCUT2D eigenvalue weighted by Gasteiger charge is 2.22. The molecule has 1 aliphatic rings. The normalized spacial score (nSPS) is 17.7. The summed E-state index contributed by atoms with van der Waals surface area (Å²) in [6.45, 7) is 5.25. The van der Waals surface area contributed by atoms with Crippen LogP contribution in [-0.4, -0.2) is 44.5 Å². The number of hydrogen-bond donors (Lipinski definition) is 3. The fourth-order valence-electron chi connectivity index (χ4n) is 4.33. The lowest BCUT2D eigenvalue weighted by atomic mass is 10.1. The Kier molecular flexibility index (Phi) is 6.53. The molecule has 1 atom stereocenters. The highest BCUT2D eigenvalue weighted by molar-refractivity contribution is 7.88. The third-order valence-electron chi connectivity index (χ3n) is 5.87. The second-order valence-electron chi connectivity index (χ2n) is 8.32. The first-order valence-corrected chi connectivity index (χ1v) is 12.2. The standard InChI is InChI=1S/C23H30N4O2S/c24-30(28,29)17-19-6-7-23-22(12-19)21(15-26-23)9-11-27-10-8-20(16-27)14-25-13-18-4-2-1-3-5-18/h1-7,12,15,20,25-26H,8-11,13-14,16-17H2,(H2,24,28,29)/t20-/m0/s1. The smallest absolute Gasteiger partial charge is 0.213 e. The van der Waals surface area contributed by atoms with E-state index in [2.05, 4.69) is 39.5 Å². The van der Waals surface area contributed by atoms with Gasteiger partial charge in [0.1, 0.15) is 0 Å². The Morgan fingerprint density at radius 2 is 1.97 bits per heavy atom. The Balaban J connectivity index is 1.27. The number of nitrogens with one attached hydrogen (secondary N) is 2. The lowest BCUT2D eigenvalue weighted by molar-refractivity contribution is 0.326. The molecular weight excluding hydrogens is 396 g/mol. The predicted molar refractivity (Wildman–Crippen MR) is 122 cm³/mol. The molecule has 6 nitrogen and oxygen atoms in total. The van der Waals surface area contributed by atoms with Crippen LogP contribution in [0, 0.1) is 5.92 Å². The van der Waals surface area contributed by atoms with Crippen molar-refractivity contribution in [3.8, 4) is 0 Å². The van der Waals surface area contributed by atoms with Gasteiger partial charge in [0, 0.05) is 36.7 Å². The number of rotatable bonds is 9. The quantitative estimate of drug-likeness (QED) is 0.491. The van der Waals surface area contributed by atoms with Crippen molar-refractivity contribution in [3.05, 3.63) is 71.4 Å². The molecule has 0 spiro atoms. The Morgan fingerprint density at radius 1 is 1.13 bits per heavy atom. The van der Waals surface area contributed by atoms with E-state index in [1.165, 1.54) is 17.5 Å². The summed E-state index contributed by atoms with van der Waals surface area (Å²) in [4.78, 5) is 5.83. The van der Waals surface area contributed by atoms with Crippen LogP contribution in [0.4, 0.5) is 0 Å². The molecule has 160 valence electrons. The number of nitrogens with zero attached hydrogens (tertiary/aromatic N) is 1. The summed E-state index contributed by atoms with van der Waals surface area (Å²) in [5.74, 6) is 0.565. The lowest BCUT2D eigenvalue weighted by Crippen LogP contribution is -2.27. The maximum absolute atomic E-state index is 11.4. The maximum Gasteiger partial charge on any atom is 0.213 e. The van der Waals surface area contributed by atoms with Gasteiger partial charge in [-0.15, -0.1) is 0 Å². The first-order valence-electron chi connectivity index (χ1n) is 10.5. The SMILES string of the molecule is NS(=O)(=O)Cc1ccc2[nH]cc(CCN3CC[C@@H](CNCc4ccccc4)C3)c2c1. The Bertz CT molecular complexity index is 1080. The third-order valence-corrected chi connectivity index (χ3v) is 6.61. The highest BCUT2D eigenvalue weighted by atomic mass is 32.2. The molecule has 1 aromatic heterocycles. The van der Waals surface area contributed by atoms with Crippen molar-refractivity contribution in [2.75, 3.05) is 26.2 Å². The minimum atomic E-state index is -3.52. The van der Waals surface area contributed by atoms with E-state index in [9.17, 15) is 8.42 Å². The summed E-state index contributed by atoms with van der Waals surface area (Å²) < 4.78 is 22.8. The lowest BCUT2D eigenvalue weighted by Gasteiger charge is -2.16. The van der Waals surface area contributed by atoms with E-state index in [1.54, 1.807) is 0 Å². The molecule has 2 heterocycles. The van der Waals surface area contributed by atoms with Gasteiger partial charge in [0.2, 0.25) is 10.0 Å². The summed E-state index contributed by atoms with van der Waals surface area (Å²) in [5, 5.41) is 9.89. The zero-order valence-corrected chi connectivity index (χ0v) is 18.0. The number of aromatic amines is 1. The van der Waals surface area contributed by atoms with Crippen molar-refractivity contribution in [1.29, 1.82) is 0 Å². The fourth-order valence-corrected chi connectivity index (χ4v) is 4.98. The number of H-pyrrole nitrogens is 1. The van der Waals surface area contributed by atoms with Crippen LogP contribution in [0.15, 0.2) is 54.7 Å². The summed E-state index contributed by atoms with van der Waals surface area (Å²) >= 11 is 0. The topological polar surface area (TPSA) is 91.2 Å². The summed E-state index contributed by atoms with van der Waals surface area (Å²) in [7, 11) is -3.52. The average molecular weight is 427 g/mol. The van der Waals surface area contributed by atoms with Crippen molar-refractivity contribution >= 4 is 20.9 Å². The van der Waals surface area contributed by atoms with Gasteiger partial charge in [0.15, 0.2) is 0 Å². The Hall–Kier alpha value is -2.19. The minimum absolute atomic E-state index is 0.128.